The molecule has 0 fully saturated rings. The van der Waals surface area contributed by atoms with Gasteiger partial charge >= 0.3 is 0 Å². The molecule has 1 aromatic rings. The molecular weight excluding hydrogens is 340 g/mol. The highest BCUT2D eigenvalue weighted by molar-refractivity contribution is 7.80. The number of thiocarbonyl (C=S) groups is 1. The van der Waals surface area contributed by atoms with Gasteiger partial charge in [0, 0.05) is 38.0 Å². The first-order valence-electron chi connectivity index (χ1n) is 8.10. The van der Waals surface area contributed by atoms with Crippen LogP contribution in [0.2, 0.25) is 0 Å². The standard InChI is InChI=1S/C17H22N4O3S/c1-5-20(6-2)16(22)14-11(3)19(4)17(25)18-15(14)12-7-9-13(10-8-12)21(23)24/h7-10,15H,5-6H2,1-4H3,(H,18,25). The van der Waals surface area contributed by atoms with E-state index in [4.69, 9.17) is 12.2 Å². The maximum atomic E-state index is 13.0. The van der Waals surface area contributed by atoms with E-state index in [0.29, 0.717) is 23.8 Å². The van der Waals surface area contributed by atoms with Crippen LogP contribution in [-0.2, 0) is 4.79 Å². The Morgan fingerprint density at radius 2 is 1.88 bits per heavy atom. The molecule has 1 atom stereocenters. The molecule has 1 aromatic carbocycles. The fourth-order valence-corrected chi connectivity index (χ4v) is 3.09. The highest BCUT2D eigenvalue weighted by Crippen LogP contribution is 2.32. The second-order valence-electron chi connectivity index (χ2n) is 5.77. The van der Waals surface area contributed by atoms with Crippen molar-refractivity contribution in [3.05, 3.63) is 51.2 Å². The van der Waals surface area contributed by atoms with Crippen molar-refractivity contribution in [2.75, 3.05) is 20.1 Å². The summed E-state index contributed by atoms with van der Waals surface area (Å²) in [4.78, 5) is 27.0. The topological polar surface area (TPSA) is 78.7 Å². The number of non-ortho nitro benzene ring substituents is 1. The average Bonchev–Trinajstić information content (AvgIpc) is 2.60. The summed E-state index contributed by atoms with van der Waals surface area (Å²) < 4.78 is 0. The van der Waals surface area contributed by atoms with Crippen LogP contribution in [0.5, 0.6) is 0 Å². The minimum absolute atomic E-state index is 0.0107. The van der Waals surface area contributed by atoms with Crippen molar-refractivity contribution in [3.8, 4) is 0 Å². The lowest BCUT2D eigenvalue weighted by Crippen LogP contribution is -2.48. The fourth-order valence-electron chi connectivity index (χ4n) is 2.83. The lowest BCUT2D eigenvalue weighted by Gasteiger charge is -2.37. The number of carbonyl (C=O) groups is 1. The van der Waals surface area contributed by atoms with Gasteiger partial charge in [-0.05, 0) is 50.7 Å². The lowest BCUT2D eigenvalue weighted by atomic mass is 9.94. The van der Waals surface area contributed by atoms with Crippen LogP contribution >= 0.6 is 12.2 Å². The van der Waals surface area contributed by atoms with Crippen molar-refractivity contribution >= 4 is 28.9 Å². The first-order chi connectivity index (χ1) is 11.8. The number of nitrogens with zero attached hydrogens (tertiary/aromatic N) is 3. The summed E-state index contributed by atoms with van der Waals surface area (Å²) >= 11 is 5.36. The van der Waals surface area contributed by atoms with Crippen LogP contribution < -0.4 is 5.32 Å². The van der Waals surface area contributed by atoms with Crippen molar-refractivity contribution in [1.29, 1.82) is 0 Å². The molecule has 0 aliphatic carbocycles. The van der Waals surface area contributed by atoms with Gasteiger partial charge in [-0.15, -0.1) is 0 Å². The highest BCUT2D eigenvalue weighted by Gasteiger charge is 2.34. The molecule has 2 rings (SSSR count). The normalized spacial score (nSPS) is 17.4. The number of carbonyl (C=O) groups excluding carboxylic acids is 1. The smallest absolute Gasteiger partial charge is 0.269 e. The Morgan fingerprint density at radius 1 is 1.32 bits per heavy atom. The largest absolute Gasteiger partial charge is 0.351 e. The van der Waals surface area contributed by atoms with Gasteiger partial charge in [-0.2, -0.15) is 0 Å². The van der Waals surface area contributed by atoms with E-state index in [0.717, 1.165) is 11.3 Å². The van der Waals surface area contributed by atoms with Crippen molar-refractivity contribution in [1.82, 2.24) is 15.1 Å². The summed E-state index contributed by atoms with van der Waals surface area (Å²) in [5.74, 6) is -0.0623. The second-order valence-corrected chi connectivity index (χ2v) is 6.15. The Kier molecular flexibility index (Phi) is 5.73. The number of nitro benzene ring substituents is 1. The number of rotatable bonds is 5. The maximum Gasteiger partial charge on any atom is 0.269 e. The van der Waals surface area contributed by atoms with Crippen LogP contribution in [0.1, 0.15) is 32.4 Å². The van der Waals surface area contributed by atoms with Crippen molar-refractivity contribution in [2.24, 2.45) is 0 Å². The molecule has 0 spiro atoms. The molecule has 0 bridgehead atoms. The van der Waals surface area contributed by atoms with Gasteiger partial charge in [0.2, 0.25) is 0 Å². The van der Waals surface area contributed by atoms with Gasteiger partial charge in [-0.25, -0.2) is 0 Å². The number of nitrogens with one attached hydrogen (secondary N) is 1. The number of nitro groups is 1. The van der Waals surface area contributed by atoms with Crippen LogP contribution in [0.4, 0.5) is 5.69 Å². The van der Waals surface area contributed by atoms with E-state index >= 15 is 0 Å². The summed E-state index contributed by atoms with van der Waals surface area (Å²) in [5.41, 5.74) is 2.16. The third-order valence-corrected chi connectivity index (χ3v) is 4.86. The van der Waals surface area contributed by atoms with E-state index in [1.54, 1.807) is 21.9 Å². The zero-order valence-corrected chi connectivity index (χ0v) is 15.6. The first-order valence-corrected chi connectivity index (χ1v) is 8.51. The minimum atomic E-state index is -0.445. The summed E-state index contributed by atoms with van der Waals surface area (Å²) in [6.45, 7) is 6.94. The van der Waals surface area contributed by atoms with Gasteiger partial charge in [-0.1, -0.05) is 0 Å². The zero-order valence-electron chi connectivity index (χ0n) is 14.8. The third kappa shape index (κ3) is 3.63. The van der Waals surface area contributed by atoms with E-state index in [2.05, 4.69) is 5.32 Å². The molecule has 1 amide bonds. The Balaban J connectivity index is 2.51. The third-order valence-electron chi connectivity index (χ3n) is 4.47. The Morgan fingerprint density at radius 3 is 2.36 bits per heavy atom. The number of amides is 1. The molecule has 25 heavy (non-hydrogen) atoms. The van der Waals surface area contributed by atoms with Crippen LogP contribution in [0, 0.1) is 10.1 Å². The molecule has 134 valence electrons. The Labute approximate surface area is 152 Å². The summed E-state index contributed by atoms with van der Waals surface area (Å²) in [7, 11) is 1.81. The maximum absolute atomic E-state index is 13.0. The van der Waals surface area contributed by atoms with Gasteiger partial charge in [0.1, 0.15) is 0 Å². The van der Waals surface area contributed by atoms with Crippen molar-refractivity contribution < 1.29 is 9.72 Å². The molecule has 1 unspecified atom stereocenters. The van der Waals surface area contributed by atoms with E-state index in [-0.39, 0.29) is 11.6 Å². The van der Waals surface area contributed by atoms with Gasteiger partial charge in [0.05, 0.1) is 16.5 Å². The molecule has 1 aliphatic rings. The highest BCUT2D eigenvalue weighted by atomic mass is 32.1. The van der Waals surface area contributed by atoms with Gasteiger partial charge in [0.25, 0.3) is 11.6 Å². The van der Waals surface area contributed by atoms with E-state index in [1.807, 2.05) is 27.8 Å². The quantitative estimate of drug-likeness (QED) is 0.493. The number of benzene rings is 1. The summed E-state index contributed by atoms with van der Waals surface area (Å²) in [6, 6.07) is 5.76. The number of hydrogen-bond donors (Lipinski definition) is 1. The minimum Gasteiger partial charge on any atom is -0.351 e. The van der Waals surface area contributed by atoms with Gasteiger partial charge in [0.15, 0.2) is 5.11 Å². The van der Waals surface area contributed by atoms with Crippen LogP contribution in [0.15, 0.2) is 35.5 Å². The summed E-state index contributed by atoms with van der Waals surface area (Å²) in [6.07, 6.45) is 0. The summed E-state index contributed by atoms with van der Waals surface area (Å²) in [5, 5.41) is 14.6. The Hall–Kier alpha value is -2.48. The molecule has 0 radical (unpaired) electrons. The molecule has 0 saturated heterocycles. The molecule has 1 aliphatic heterocycles. The monoisotopic (exact) mass is 362 g/mol. The lowest BCUT2D eigenvalue weighted by molar-refractivity contribution is -0.384. The van der Waals surface area contributed by atoms with Crippen LogP contribution in [0.3, 0.4) is 0 Å². The van der Waals surface area contributed by atoms with E-state index < -0.39 is 11.0 Å². The van der Waals surface area contributed by atoms with E-state index in [9.17, 15) is 14.9 Å². The molecular formula is C17H22N4O3S. The van der Waals surface area contributed by atoms with Crippen LogP contribution in [0.25, 0.3) is 0 Å². The Bertz CT molecular complexity index is 726. The molecule has 1 N–H and O–H groups in total. The first kappa shape index (κ1) is 18.9. The zero-order chi connectivity index (χ0) is 18.7. The van der Waals surface area contributed by atoms with Crippen LogP contribution in [-0.4, -0.2) is 45.9 Å². The predicted octanol–water partition coefficient (Wildman–Crippen LogP) is 2.60. The van der Waals surface area contributed by atoms with Gasteiger partial charge in [-0.3, -0.25) is 14.9 Å². The second kappa shape index (κ2) is 7.60. The van der Waals surface area contributed by atoms with Gasteiger partial charge < -0.3 is 15.1 Å². The molecule has 0 aromatic heterocycles. The molecule has 8 heteroatoms. The molecule has 1 heterocycles. The predicted molar refractivity (Wildman–Crippen MR) is 100.0 cm³/mol. The number of hydrogen-bond acceptors (Lipinski definition) is 4. The van der Waals surface area contributed by atoms with Crippen molar-refractivity contribution in [2.45, 2.75) is 26.8 Å². The number of likely N-dealkylation sites (N-methyl/N-ethyl adjacent to an activating group) is 1. The number of allylic oxidation sites excluding steroid dienone is 1. The SMILES string of the molecule is CCN(CC)C(=O)C1=C(C)N(C)C(=S)NC1c1ccc([N+](=O)[O-])cc1. The molecule has 0 saturated carbocycles. The average molecular weight is 362 g/mol. The fraction of sp³-hybridized carbons (Fsp3) is 0.412. The molecule has 7 nitrogen and oxygen atoms in total. The van der Waals surface area contributed by atoms with Crippen molar-refractivity contribution in [3.63, 3.8) is 0 Å². The van der Waals surface area contributed by atoms with E-state index in [1.165, 1.54) is 12.1 Å².